The summed E-state index contributed by atoms with van der Waals surface area (Å²) in [6, 6.07) is 15.6. The molecule has 0 amide bonds. The fourth-order valence-electron chi connectivity index (χ4n) is 3.57. The molecule has 3 nitrogen and oxygen atoms in total. The van der Waals surface area contributed by atoms with Gasteiger partial charge in [-0.15, -0.1) is 0 Å². The summed E-state index contributed by atoms with van der Waals surface area (Å²) in [5.74, 6) is 0.903. The number of nitrogens with one attached hydrogen (secondary N) is 1. The Morgan fingerprint density at radius 2 is 1.63 bits per heavy atom. The van der Waals surface area contributed by atoms with Crippen LogP contribution in [0.4, 0.5) is 5.95 Å². The van der Waals surface area contributed by atoms with Gasteiger partial charge in [0.25, 0.3) is 0 Å². The molecule has 0 saturated heterocycles. The van der Waals surface area contributed by atoms with E-state index in [0.717, 1.165) is 37.4 Å². The first-order valence-electron chi connectivity index (χ1n) is 10.1. The lowest BCUT2D eigenvalue weighted by atomic mass is 9.98. The Bertz CT molecular complexity index is 875. The van der Waals surface area contributed by atoms with E-state index in [1.165, 1.54) is 34.2 Å². The third kappa shape index (κ3) is 4.41. The highest BCUT2D eigenvalue weighted by Crippen LogP contribution is 2.23. The molecule has 3 rings (SSSR count). The molecule has 0 radical (unpaired) electrons. The quantitative estimate of drug-likeness (QED) is 0.551. The minimum absolute atomic E-state index is 0.790. The Balaban J connectivity index is 1.72. The zero-order valence-corrected chi connectivity index (χ0v) is 17.0. The van der Waals surface area contributed by atoms with E-state index in [1.54, 1.807) is 0 Å². The third-order valence-corrected chi connectivity index (χ3v) is 5.27. The Hall–Kier alpha value is -2.55. The average molecular weight is 362 g/mol. The maximum absolute atomic E-state index is 4.59. The molecule has 0 spiro atoms. The smallest absolute Gasteiger partial charge is 0.203 e. The Kier molecular flexibility index (Phi) is 6.33. The Labute approximate surface area is 163 Å². The van der Waals surface area contributed by atoms with Crippen LogP contribution in [-0.4, -0.2) is 9.55 Å². The third-order valence-electron chi connectivity index (χ3n) is 5.27. The number of hydrogen-bond acceptors (Lipinski definition) is 2. The molecule has 0 bridgehead atoms. The van der Waals surface area contributed by atoms with Crippen molar-refractivity contribution in [2.24, 2.45) is 7.05 Å². The maximum atomic E-state index is 4.59. The number of aromatic nitrogens is 2. The van der Waals surface area contributed by atoms with Crippen molar-refractivity contribution in [3.8, 4) is 11.3 Å². The predicted octanol–water partition coefficient (Wildman–Crippen LogP) is 5.78. The zero-order chi connectivity index (χ0) is 19.2. The highest BCUT2D eigenvalue weighted by molar-refractivity contribution is 5.62. The van der Waals surface area contributed by atoms with Gasteiger partial charge in [-0.1, -0.05) is 69.7 Å². The number of anilines is 1. The monoisotopic (exact) mass is 361 g/mol. The molecule has 27 heavy (non-hydrogen) atoms. The number of rotatable bonds is 8. The van der Waals surface area contributed by atoms with Crippen LogP contribution in [0.1, 0.15) is 49.4 Å². The molecule has 0 saturated carbocycles. The van der Waals surface area contributed by atoms with Crippen molar-refractivity contribution in [2.45, 2.75) is 53.0 Å². The summed E-state index contributed by atoms with van der Waals surface area (Å²) in [4.78, 5) is 4.59. The maximum Gasteiger partial charge on any atom is 0.203 e. The molecule has 1 aromatic heterocycles. The van der Waals surface area contributed by atoms with Crippen LogP contribution in [0.2, 0.25) is 0 Å². The second kappa shape index (κ2) is 8.90. The molecule has 0 unspecified atom stereocenters. The van der Waals surface area contributed by atoms with E-state index in [0.29, 0.717) is 0 Å². The summed E-state index contributed by atoms with van der Waals surface area (Å²) in [6.07, 6.45) is 6.46. The number of hydrogen-bond donors (Lipinski definition) is 1. The van der Waals surface area contributed by atoms with E-state index < -0.39 is 0 Å². The molecular weight excluding hydrogens is 330 g/mol. The Morgan fingerprint density at radius 3 is 2.30 bits per heavy atom. The van der Waals surface area contributed by atoms with Crippen molar-refractivity contribution in [1.29, 1.82) is 0 Å². The normalized spacial score (nSPS) is 11.0. The topological polar surface area (TPSA) is 29.9 Å². The first-order chi connectivity index (χ1) is 13.2. The first kappa shape index (κ1) is 19.2. The van der Waals surface area contributed by atoms with Crippen molar-refractivity contribution < 1.29 is 0 Å². The van der Waals surface area contributed by atoms with Gasteiger partial charge >= 0.3 is 0 Å². The number of aryl methyl sites for hydroxylation is 3. The molecule has 2 aromatic carbocycles. The lowest BCUT2D eigenvalue weighted by Crippen LogP contribution is -2.06. The van der Waals surface area contributed by atoms with E-state index >= 15 is 0 Å². The number of benzene rings is 2. The van der Waals surface area contributed by atoms with Crippen molar-refractivity contribution in [3.63, 3.8) is 0 Å². The molecular formula is C24H31N3. The summed E-state index contributed by atoms with van der Waals surface area (Å²) >= 11 is 0. The van der Waals surface area contributed by atoms with Gasteiger partial charge in [-0.05, 0) is 47.1 Å². The van der Waals surface area contributed by atoms with E-state index in [-0.39, 0.29) is 0 Å². The van der Waals surface area contributed by atoms with Gasteiger partial charge in [-0.3, -0.25) is 0 Å². The fraction of sp³-hybridized carbons (Fsp3) is 0.375. The van der Waals surface area contributed by atoms with Crippen molar-refractivity contribution >= 4 is 5.95 Å². The van der Waals surface area contributed by atoms with Gasteiger partial charge in [-0.25, -0.2) is 4.98 Å². The van der Waals surface area contributed by atoms with Gasteiger partial charge < -0.3 is 9.88 Å². The molecule has 0 aliphatic carbocycles. The van der Waals surface area contributed by atoms with Gasteiger partial charge in [0.15, 0.2) is 0 Å². The van der Waals surface area contributed by atoms with Gasteiger partial charge in [0, 0.05) is 13.6 Å². The Morgan fingerprint density at radius 1 is 0.889 bits per heavy atom. The van der Waals surface area contributed by atoms with Crippen molar-refractivity contribution in [1.82, 2.24) is 9.55 Å². The highest BCUT2D eigenvalue weighted by Gasteiger charge is 2.09. The van der Waals surface area contributed by atoms with Crippen LogP contribution in [0.15, 0.2) is 48.7 Å². The van der Waals surface area contributed by atoms with Crippen LogP contribution >= 0.6 is 0 Å². The SMILES string of the molecule is CCCc1ccc(CNc2ncc(-c3ccc(CC)cc3)n2C)cc1CC. The summed E-state index contributed by atoms with van der Waals surface area (Å²) < 4.78 is 2.13. The van der Waals surface area contributed by atoms with E-state index in [2.05, 4.69) is 85.2 Å². The second-order valence-electron chi connectivity index (χ2n) is 7.14. The van der Waals surface area contributed by atoms with Gasteiger partial charge in [0.1, 0.15) is 0 Å². The lowest BCUT2D eigenvalue weighted by Gasteiger charge is -2.12. The first-order valence-corrected chi connectivity index (χ1v) is 10.1. The van der Waals surface area contributed by atoms with Crippen LogP contribution in [-0.2, 0) is 32.9 Å². The molecule has 1 N–H and O–H groups in total. The van der Waals surface area contributed by atoms with Crippen LogP contribution in [0.25, 0.3) is 11.3 Å². The van der Waals surface area contributed by atoms with Crippen LogP contribution in [0, 0.1) is 0 Å². The van der Waals surface area contributed by atoms with Crippen molar-refractivity contribution in [3.05, 3.63) is 70.9 Å². The second-order valence-corrected chi connectivity index (χ2v) is 7.14. The molecule has 0 atom stereocenters. The average Bonchev–Trinajstić information content (AvgIpc) is 3.08. The largest absolute Gasteiger partial charge is 0.352 e. The van der Waals surface area contributed by atoms with E-state index in [4.69, 9.17) is 0 Å². The van der Waals surface area contributed by atoms with E-state index in [1.807, 2.05) is 6.20 Å². The molecule has 3 aromatic rings. The fourth-order valence-corrected chi connectivity index (χ4v) is 3.57. The van der Waals surface area contributed by atoms with Crippen LogP contribution < -0.4 is 5.32 Å². The molecule has 0 aliphatic rings. The minimum Gasteiger partial charge on any atom is -0.352 e. The van der Waals surface area contributed by atoms with Gasteiger partial charge in [0.05, 0.1) is 11.9 Å². The molecule has 0 fully saturated rings. The number of imidazole rings is 1. The zero-order valence-electron chi connectivity index (χ0n) is 17.0. The summed E-state index contributed by atoms with van der Waals surface area (Å²) in [7, 11) is 2.07. The summed E-state index contributed by atoms with van der Waals surface area (Å²) in [5.41, 5.74) is 7.95. The highest BCUT2D eigenvalue weighted by atomic mass is 15.2. The number of nitrogens with zero attached hydrogens (tertiary/aromatic N) is 2. The standard InChI is InChI=1S/C24H31N3/c1-5-8-21-12-11-19(15-20(21)7-3)16-25-24-26-17-23(27(24)4)22-13-9-18(6-2)10-14-22/h9-15,17H,5-8,16H2,1-4H3,(H,25,26). The summed E-state index contributed by atoms with van der Waals surface area (Å²) in [5, 5.41) is 3.50. The molecule has 1 heterocycles. The minimum atomic E-state index is 0.790. The van der Waals surface area contributed by atoms with Gasteiger partial charge in [0.2, 0.25) is 5.95 Å². The molecule has 3 heteroatoms. The molecule has 0 aliphatic heterocycles. The molecule has 142 valence electrons. The summed E-state index contributed by atoms with van der Waals surface area (Å²) in [6.45, 7) is 7.45. The van der Waals surface area contributed by atoms with Crippen LogP contribution in [0.5, 0.6) is 0 Å². The van der Waals surface area contributed by atoms with Gasteiger partial charge in [-0.2, -0.15) is 0 Å². The van der Waals surface area contributed by atoms with E-state index in [9.17, 15) is 0 Å². The lowest BCUT2D eigenvalue weighted by molar-refractivity contribution is 0.890. The van der Waals surface area contributed by atoms with Crippen LogP contribution in [0.3, 0.4) is 0 Å². The predicted molar refractivity (Wildman–Crippen MR) is 115 cm³/mol. The van der Waals surface area contributed by atoms with Crippen molar-refractivity contribution in [2.75, 3.05) is 5.32 Å².